The van der Waals surface area contributed by atoms with Gasteiger partial charge >= 0.3 is 0 Å². The summed E-state index contributed by atoms with van der Waals surface area (Å²) in [6, 6.07) is 12.3. The van der Waals surface area contributed by atoms with E-state index in [2.05, 4.69) is 15.6 Å². The Morgan fingerprint density at radius 3 is 2.54 bits per heavy atom. The zero-order chi connectivity index (χ0) is 17.4. The van der Waals surface area contributed by atoms with Crippen molar-refractivity contribution in [1.82, 2.24) is 10.6 Å². The predicted molar refractivity (Wildman–Crippen MR) is 89.2 cm³/mol. The second-order valence-electron chi connectivity index (χ2n) is 5.09. The number of benzene rings is 2. The fourth-order valence-corrected chi connectivity index (χ4v) is 2.06. The van der Waals surface area contributed by atoms with Crippen LogP contribution in [0.2, 0.25) is 0 Å². The van der Waals surface area contributed by atoms with Gasteiger partial charge in [-0.05, 0) is 42.8 Å². The van der Waals surface area contributed by atoms with E-state index in [1.165, 1.54) is 30.3 Å². The average Bonchev–Trinajstić information content (AvgIpc) is 2.60. The number of nitriles is 1. The third kappa shape index (κ3) is 5.06. The smallest absolute Gasteiger partial charge is 0.191 e. The molecule has 0 aliphatic rings. The van der Waals surface area contributed by atoms with Gasteiger partial charge in [-0.3, -0.25) is 0 Å². The number of hydrogen-bond donors (Lipinski definition) is 2. The topological polar surface area (TPSA) is 60.2 Å². The van der Waals surface area contributed by atoms with Crippen LogP contribution in [-0.4, -0.2) is 12.5 Å². The number of guanidine groups is 1. The molecule has 24 heavy (non-hydrogen) atoms. The van der Waals surface area contributed by atoms with Crippen molar-refractivity contribution in [2.75, 3.05) is 6.54 Å². The molecular formula is C18H18F2N4. The van der Waals surface area contributed by atoms with Crippen molar-refractivity contribution in [3.63, 3.8) is 0 Å². The SMILES string of the molecule is CCNC(=NCc1ccc(F)cc1)NCc1cc(C#N)ccc1F. The Kier molecular flexibility index (Phi) is 6.26. The minimum absolute atomic E-state index is 0.205. The fraction of sp³-hybridized carbons (Fsp3) is 0.222. The molecule has 2 rings (SSSR count). The molecule has 6 heteroatoms. The molecule has 4 nitrogen and oxygen atoms in total. The lowest BCUT2D eigenvalue weighted by Gasteiger charge is -2.12. The molecule has 0 amide bonds. The van der Waals surface area contributed by atoms with Crippen LogP contribution in [0.4, 0.5) is 8.78 Å². The van der Waals surface area contributed by atoms with E-state index >= 15 is 0 Å². The molecular weight excluding hydrogens is 310 g/mol. The number of rotatable bonds is 5. The van der Waals surface area contributed by atoms with Crippen LogP contribution in [0.15, 0.2) is 47.5 Å². The highest BCUT2D eigenvalue weighted by Crippen LogP contribution is 2.10. The molecule has 2 aromatic rings. The van der Waals surface area contributed by atoms with Crippen molar-refractivity contribution < 1.29 is 8.78 Å². The highest BCUT2D eigenvalue weighted by Gasteiger charge is 2.05. The third-order valence-electron chi connectivity index (χ3n) is 3.30. The Labute approximate surface area is 139 Å². The second kappa shape index (κ2) is 8.63. The maximum Gasteiger partial charge on any atom is 0.191 e. The van der Waals surface area contributed by atoms with Crippen LogP contribution in [0.3, 0.4) is 0 Å². The Balaban J connectivity index is 2.04. The molecule has 0 fully saturated rings. The maximum atomic E-state index is 13.8. The second-order valence-corrected chi connectivity index (χ2v) is 5.09. The van der Waals surface area contributed by atoms with Gasteiger partial charge in [-0.2, -0.15) is 5.26 Å². The molecule has 0 aromatic heterocycles. The molecule has 0 saturated heterocycles. The van der Waals surface area contributed by atoms with E-state index in [0.29, 0.717) is 30.2 Å². The van der Waals surface area contributed by atoms with Gasteiger partial charge in [-0.1, -0.05) is 12.1 Å². The van der Waals surface area contributed by atoms with E-state index in [-0.39, 0.29) is 18.2 Å². The zero-order valence-electron chi connectivity index (χ0n) is 13.3. The summed E-state index contributed by atoms with van der Waals surface area (Å²) in [6.07, 6.45) is 0. The van der Waals surface area contributed by atoms with E-state index in [1.54, 1.807) is 12.1 Å². The van der Waals surface area contributed by atoms with Gasteiger partial charge in [0.05, 0.1) is 18.2 Å². The maximum absolute atomic E-state index is 13.8. The van der Waals surface area contributed by atoms with Crippen LogP contribution < -0.4 is 10.6 Å². The Morgan fingerprint density at radius 1 is 1.12 bits per heavy atom. The Morgan fingerprint density at radius 2 is 1.88 bits per heavy atom. The molecule has 0 radical (unpaired) electrons. The summed E-state index contributed by atoms with van der Waals surface area (Å²) in [5, 5.41) is 15.0. The van der Waals surface area contributed by atoms with E-state index in [9.17, 15) is 8.78 Å². The summed E-state index contributed by atoms with van der Waals surface area (Å²) in [5.41, 5.74) is 1.66. The summed E-state index contributed by atoms with van der Waals surface area (Å²) in [6.45, 7) is 3.15. The molecule has 0 heterocycles. The highest BCUT2D eigenvalue weighted by atomic mass is 19.1. The number of halogens is 2. The molecule has 0 spiro atoms. The summed E-state index contributed by atoms with van der Waals surface area (Å²) in [4.78, 5) is 4.39. The Bertz CT molecular complexity index is 749. The number of aliphatic imine (C=N–C) groups is 1. The minimum atomic E-state index is -0.379. The van der Waals surface area contributed by atoms with Gasteiger partial charge in [-0.15, -0.1) is 0 Å². The number of nitrogens with one attached hydrogen (secondary N) is 2. The van der Waals surface area contributed by atoms with E-state index in [4.69, 9.17) is 5.26 Å². The zero-order valence-corrected chi connectivity index (χ0v) is 13.3. The molecule has 124 valence electrons. The van der Waals surface area contributed by atoms with Crippen molar-refractivity contribution >= 4 is 5.96 Å². The van der Waals surface area contributed by atoms with Gasteiger partial charge in [0.2, 0.25) is 0 Å². The monoisotopic (exact) mass is 328 g/mol. The molecule has 0 saturated carbocycles. The normalized spacial score (nSPS) is 11.0. The van der Waals surface area contributed by atoms with Crippen molar-refractivity contribution in [3.05, 3.63) is 70.8 Å². The minimum Gasteiger partial charge on any atom is -0.357 e. The molecule has 0 aliphatic heterocycles. The van der Waals surface area contributed by atoms with Crippen molar-refractivity contribution in [2.45, 2.75) is 20.0 Å². The first-order valence-electron chi connectivity index (χ1n) is 7.57. The summed E-state index contributed by atoms with van der Waals surface area (Å²) >= 11 is 0. The number of nitrogens with zero attached hydrogens (tertiary/aromatic N) is 2. The molecule has 0 aliphatic carbocycles. The van der Waals surface area contributed by atoms with E-state index in [0.717, 1.165) is 5.56 Å². The lowest BCUT2D eigenvalue weighted by atomic mass is 10.1. The third-order valence-corrected chi connectivity index (χ3v) is 3.30. The van der Waals surface area contributed by atoms with E-state index in [1.807, 2.05) is 13.0 Å². The van der Waals surface area contributed by atoms with Gasteiger partial charge in [0.1, 0.15) is 11.6 Å². The fourth-order valence-electron chi connectivity index (χ4n) is 2.06. The lowest BCUT2D eigenvalue weighted by Crippen LogP contribution is -2.37. The van der Waals surface area contributed by atoms with E-state index < -0.39 is 0 Å². The van der Waals surface area contributed by atoms with Crippen LogP contribution in [-0.2, 0) is 13.1 Å². The highest BCUT2D eigenvalue weighted by molar-refractivity contribution is 5.79. The van der Waals surface area contributed by atoms with Crippen LogP contribution in [0, 0.1) is 23.0 Å². The van der Waals surface area contributed by atoms with Gasteiger partial charge in [-0.25, -0.2) is 13.8 Å². The van der Waals surface area contributed by atoms with Crippen molar-refractivity contribution in [3.8, 4) is 6.07 Å². The van der Waals surface area contributed by atoms with Crippen molar-refractivity contribution in [2.24, 2.45) is 4.99 Å². The van der Waals surface area contributed by atoms with Crippen LogP contribution in [0.1, 0.15) is 23.6 Å². The van der Waals surface area contributed by atoms with Gasteiger partial charge in [0.25, 0.3) is 0 Å². The van der Waals surface area contributed by atoms with Crippen molar-refractivity contribution in [1.29, 1.82) is 5.26 Å². The first kappa shape index (κ1) is 17.4. The molecule has 0 bridgehead atoms. The summed E-state index contributed by atoms with van der Waals surface area (Å²) in [5.74, 6) is -0.153. The molecule has 2 N–H and O–H groups in total. The predicted octanol–water partition coefficient (Wildman–Crippen LogP) is 3.09. The standard InChI is InChI=1S/C18H18F2N4/c1-2-22-18(23-11-13-3-6-16(19)7-4-13)24-12-15-9-14(10-21)5-8-17(15)20/h3-9H,2,11-12H2,1H3,(H2,22,23,24). The Hall–Kier alpha value is -2.94. The molecule has 2 aromatic carbocycles. The molecule has 0 atom stereocenters. The van der Waals surface area contributed by atoms with Gasteiger partial charge in [0.15, 0.2) is 5.96 Å². The summed E-state index contributed by atoms with van der Waals surface area (Å²) in [7, 11) is 0. The molecule has 0 unspecified atom stereocenters. The largest absolute Gasteiger partial charge is 0.357 e. The van der Waals surface area contributed by atoms with Crippen LogP contribution in [0.5, 0.6) is 0 Å². The summed E-state index contributed by atoms with van der Waals surface area (Å²) < 4.78 is 26.7. The van der Waals surface area contributed by atoms with Crippen LogP contribution >= 0.6 is 0 Å². The number of hydrogen-bond acceptors (Lipinski definition) is 2. The first-order chi connectivity index (χ1) is 11.6. The van der Waals surface area contributed by atoms with Crippen LogP contribution in [0.25, 0.3) is 0 Å². The first-order valence-corrected chi connectivity index (χ1v) is 7.57. The lowest BCUT2D eigenvalue weighted by molar-refractivity contribution is 0.604. The quantitative estimate of drug-likeness (QED) is 0.655. The van der Waals surface area contributed by atoms with Gasteiger partial charge < -0.3 is 10.6 Å². The van der Waals surface area contributed by atoms with Gasteiger partial charge in [0, 0.05) is 18.7 Å². The average molecular weight is 328 g/mol.